The highest BCUT2D eigenvalue weighted by Gasteiger charge is 2.26. The van der Waals surface area contributed by atoms with E-state index in [1.807, 2.05) is 0 Å². The van der Waals surface area contributed by atoms with Gasteiger partial charge in [0.15, 0.2) is 0 Å². The van der Waals surface area contributed by atoms with Crippen LogP contribution in [0.2, 0.25) is 0 Å². The summed E-state index contributed by atoms with van der Waals surface area (Å²) in [7, 11) is 1.57. The Morgan fingerprint density at radius 3 is 3.05 bits per heavy atom. The molecular weight excluding hydrogens is 260 g/mol. The van der Waals surface area contributed by atoms with E-state index in [-0.39, 0.29) is 6.10 Å². The van der Waals surface area contributed by atoms with E-state index in [0.29, 0.717) is 30.1 Å². The van der Waals surface area contributed by atoms with Gasteiger partial charge in [0.25, 0.3) is 0 Å². The van der Waals surface area contributed by atoms with Gasteiger partial charge in [0, 0.05) is 18.1 Å². The van der Waals surface area contributed by atoms with Gasteiger partial charge in [-0.15, -0.1) is 0 Å². The average Bonchev–Trinajstić information content (AvgIpc) is 2.45. The van der Waals surface area contributed by atoms with Gasteiger partial charge in [-0.05, 0) is 31.2 Å². The molecule has 0 saturated carbocycles. The Morgan fingerprint density at radius 1 is 1.55 bits per heavy atom. The van der Waals surface area contributed by atoms with E-state index >= 15 is 0 Å². The minimum Gasteiger partial charge on any atom is -0.497 e. The van der Waals surface area contributed by atoms with Crippen molar-refractivity contribution in [3.63, 3.8) is 0 Å². The molecule has 2 atom stereocenters. The summed E-state index contributed by atoms with van der Waals surface area (Å²) >= 11 is 0. The Bertz CT molecular complexity index is 509. The van der Waals surface area contributed by atoms with E-state index in [4.69, 9.17) is 14.2 Å². The molecule has 0 spiro atoms. The summed E-state index contributed by atoms with van der Waals surface area (Å²) in [6.45, 7) is 2.08. The Morgan fingerprint density at radius 2 is 2.35 bits per heavy atom. The maximum absolute atomic E-state index is 11.3. The van der Waals surface area contributed by atoms with Crippen LogP contribution in [0.25, 0.3) is 0 Å². The quantitative estimate of drug-likeness (QED) is 0.674. The van der Waals surface area contributed by atoms with E-state index < -0.39 is 12.1 Å². The fraction of sp³-hybridized carbons (Fsp3) is 0.400. The fourth-order valence-corrected chi connectivity index (χ4v) is 2.07. The molecule has 2 rings (SSSR count). The number of benzene rings is 1. The molecule has 5 nitrogen and oxygen atoms in total. The Kier molecular flexibility index (Phi) is 4.63. The lowest BCUT2D eigenvalue weighted by Crippen LogP contribution is -2.24. The van der Waals surface area contributed by atoms with Crippen molar-refractivity contribution in [2.24, 2.45) is 0 Å². The van der Waals surface area contributed by atoms with Crippen molar-refractivity contribution in [3.05, 3.63) is 35.9 Å². The van der Waals surface area contributed by atoms with Gasteiger partial charge in [0.1, 0.15) is 17.6 Å². The van der Waals surface area contributed by atoms with E-state index in [2.05, 4.69) is 0 Å². The molecule has 1 aromatic carbocycles. The van der Waals surface area contributed by atoms with Crippen LogP contribution >= 0.6 is 0 Å². The number of ether oxygens (including phenoxy) is 3. The lowest BCUT2D eigenvalue weighted by molar-refractivity contribution is -0.137. The van der Waals surface area contributed by atoms with E-state index in [1.54, 1.807) is 38.3 Å². The molecule has 0 saturated heterocycles. The van der Waals surface area contributed by atoms with Gasteiger partial charge in [-0.3, -0.25) is 0 Å². The number of aliphatic hydroxyl groups excluding tert-OH is 1. The van der Waals surface area contributed by atoms with Gasteiger partial charge < -0.3 is 19.3 Å². The number of methoxy groups -OCH3 is 1. The molecule has 1 aliphatic rings. The zero-order valence-electron chi connectivity index (χ0n) is 11.5. The number of esters is 1. The molecule has 0 radical (unpaired) electrons. The van der Waals surface area contributed by atoms with Gasteiger partial charge >= 0.3 is 5.97 Å². The van der Waals surface area contributed by atoms with Crippen molar-refractivity contribution in [2.75, 3.05) is 13.7 Å². The predicted octanol–water partition coefficient (Wildman–Crippen LogP) is 2.00. The molecule has 20 heavy (non-hydrogen) atoms. The second-order valence-corrected chi connectivity index (χ2v) is 4.42. The van der Waals surface area contributed by atoms with Gasteiger partial charge in [0.2, 0.25) is 0 Å². The standard InChI is InChI=1S/C15H18O5/c1-3-19-15(17)7-5-11-9-13(16)12-8-10(18-2)4-6-14(12)20-11/h4-8,11,13,16H,3,9H2,1-2H3/b7-5+. The van der Waals surface area contributed by atoms with E-state index in [1.165, 1.54) is 6.08 Å². The van der Waals surface area contributed by atoms with E-state index in [0.717, 1.165) is 0 Å². The largest absolute Gasteiger partial charge is 0.497 e. The van der Waals surface area contributed by atoms with Crippen LogP contribution in [0.3, 0.4) is 0 Å². The second kappa shape index (κ2) is 6.43. The molecule has 0 fully saturated rings. The first-order valence-corrected chi connectivity index (χ1v) is 6.51. The van der Waals surface area contributed by atoms with Crippen molar-refractivity contribution in [3.8, 4) is 11.5 Å². The van der Waals surface area contributed by atoms with Crippen molar-refractivity contribution >= 4 is 5.97 Å². The molecule has 0 amide bonds. The number of rotatable bonds is 4. The third kappa shape index (κ3) is 3.30. The topological polar surface area (TPSA) is 65.0 Å². The second-order valence-electron chi connectivity index (χ2n) is 4.42. The minimum absolute atomic E-state index is 0.333. The molecule has 2 unspecified atom stereocenters. The summed E-state index contributed by atoms with van der Waals surface area (Å²) < 4.78 is 15.6. The molecule has 108 valence electrons. The molecule has 5 heteroatoms. The third-order valence-electron chi connectivity index (χ3n) is 3.04. The highest BCUT2D eigenvalue weighted by Crippen LogP contribution is 2.37. The molecular formula is C15H18O5. The van der Waals surface area contributed by atoms with Gasteiger partial charge in [-0.25, -0.2) is 4.79 Å². The average molecular weight is 278 g/mol. The third-order valence-corrected chi connectivity index (χ3v) is 3.04. The smallest absolute Gasteiger partial charge is 0.330 e. The van der Waals surface area contributed by atoms with Crippen LogP contribution in [0.4, 0.5) is 0 Å². The molecule has 1 aliphatic heterocycles. The number of carbonyl (C=O) groups is 1. The summed E-state index contributed by atoms with van der Waals surface area (Å²) in [4.78, 5) is 11.3. The molecule has 0 aromatic heterocycles. The maximum Gasteiger partial charge on any atom is 0.330 e. The normalized spacial score (nSPS) is 21.1. The highest BCUT2D eigenvalue weighted by atomic mass is 16.5. The lowest BCUT2D eigenvalue weighted by Gasteiger charge is -2.28. The van der Waals surface area contributed by atoms with Crippen LogP contribution in [0.15, 0.2) is 30.4 Å². The Hall–Kier alpha value is -2.01. The molecule has 0 bridgehead atoms. The number of hydrogen-bond donors (Lipinski definition) is 1. The molecule has 1 N–H and O–H groups in total. The van der Waals surface area contributed by atoms with Crippen LogP contribution in [-0.2, 0) is 9.53 Å². The fourth-order valence-electron chi connectivity index (χ4n) is 2.07. The summed E-state index contributed by atoms with van der Waals surface area (Å²) in [6, 6.07) is 5.27. The lowest BCUT2D eigenvalue weighted by atomic mass is 9.98. The maximum atomic E-state index is 11.3. The van der Waals surface area contributed by atoms with Crippen LogP contribution in [0, 0.1) is 0 Å². The molecule has 1 aromatic rings. The van der Waals surface area contributed by atoms with E-state index in [9.17, 15) is 9.90 Å². The van der Waals surface area contributed by atoms with Crippen molar-refractivity contribution in [1.29, 1.82) is 0 Å². The number of hydrogen-bond acceptors (Lipinski definition) is 5. The predicted molar refractivity (Wildman–Crippen MR) is 72.8 cm³/mol. The summed E-state index contributed by atoms with van der Waals surface area (Å²) in [5.41, 5.74) is 0.699. The van der Waals surface area contributed by atoms with Crippen LogP contribution in [0.1, 0.15) is 25.0 Å². The van der Waals surface area contributed by atoms with Crippen LogP contribution in [0.5, 0.6) is 11.5 Å². The molecule has 1 heterocycles. The van der Waals surface area contributed by atoms with Crippen molar-refractivity contribution in [1.82, 2.24) is 0 Å². The monoisotopic (exact) mass is 278 g/mol. The van der Waals surface area contributed by atoms with Crippen molar-refractivity contribution in [2.45, 2.75) is 25.6 Å². The highest BCUT2D eigenvalue weighted by molar-refractivity contribution is 5.81. The molecule has 0 aliphatic carbocycles. The first-order chi connectivity index (χ1) is 9.63. The minimum atomic E-state index is -0.648. The van der Waals surface area contributed by atoms with Gasteiger partial charge in [-0.2, -0.15) is 0 Å². The number of carbonyl (C=O) groups excluding carboxylic acids is 1. The van der Waals surface area contributed by atoms with Crippen LogP contribution < -0.4 is 9.47 Å². The SMILES string of the molecule is CCOC(=O)/C=C/C1CC(O)c2cc(OC)ccc2O1. The Balaban J connectivity index is 2.09. The first-order valence-electron chi connectivity index (χ1n) is 6.51. The summed E-state index contributed by atoms with van der Waals surface area (Å²) in [5, 5.41) is 10.1. The zero-order valence-corrected chi connectivity index (χ0v) is 11.5. The Labute approximate surface area is 117 Å². The van der Waals surface area contributed by atoms with Crippen LogP contribution in [-0.4, -0.2) is 30.9 Å². The zero-order chi connectivity index (χ0) is 14.5. The summed E-state index contributed by atoms with van der Waals surface area (Å²) in [5.74, 6) is 0.862. The number of fused-ring (bicyclic) bond motifs is 1. The number of aliphatic hydroxyl groups is 1. The van der Waals surface area contributed by atoms with Gasteiger partial charge in [0.05, 0.1) is 19.8 Å². The first kappa shape index (κ1) is 14.4. The summed E-state index contributed by atoms with van der Waals surface area (Å²) in [6.07, 6.45) is 2.32. The van der Waals surface area contributed by atoms with Crippen molar-refractivity contribution < 1.29 is 24.1 Å². The van der Waals surface area contributed by atoms with Gasteiger partial charge in [-0.1, -0.05) is 0 Å².